The van der Waals surface area contributed by atoms with Gasteiger partial charge in [-0.05, 0) is 69.3 Å². The summed E-state index contributed by atoms with van der Waals surface area (Å²) in [6, 6.07) is 5.59. The Morgan fingerprint density at radius 1 is 0.778 bits per heavy atom. The lowest BCUT2D eigenvalue weighted by atomic mass is 9.90. The maximum Gasteiger partial charge on any atom is 0.167 e. The molecule has 2 nitrogen and oxygen atoms in total. The quantitative estimate of drug-likeness (QED) is 0.265. The Balaban J connectivity index is 1.44. The van der Waals surface area contributed by atoms with Gasteiger partial charge < -0.3 is 9.47 Å². The maximum absolute atomic E-state index is 15.1. The molecule has 2 aliphatic rings. The number of rotatable bonds is 8. The summed E-state index contributed by atoms with van der Waals surface area (Å²) in [7, 11) is 0. The van der Waals surface area contributed by atoms with Crippen molar-refractivity contribution in [2.75, 3.05) is 13.2 Å². The summed E-state index contributed by atoms with van der Waals surface area (Å²) < 4.78 is 71.6. The van der Waals surface area contributed by atoms with E-state index in [9.17, 15) is 4.39 Å². The van der Waals surface area contributed by atoms with E-state index in [1.807, 2.05) is 19.1 Å². The molecule has 0 aliphatic carbocycles. The van der Waals surface area contributed by atoms with Crippen molar-refractivity contribution in [3.05, 3.63) is 70.8 Å². The lowest BCUT2D eigenvalue weighted by molar-refractivity contribution is -0.0214. The fourth-order valence-electron chi connectivity index (χ4n) is 5.48. The van der Waals surface area contributed by atoms with Gasteiger partial charge in [0, 0.05) is 16.7 Å². The van der Waals surface area contributed by atoms with Crippen LogP contribution in [-0.4, -0.2) is 19.3 Å². The van der Waals surface area contributed by atoms with E-state index in [0.29, 0.717) is 38.4 Å². The van der Waals surface area contributed by atoms with Gasteiger partial charge in [0.1, 0.15) is 0 Å². The second-order valence-electron chi connectivity index (χ2n) is 10.2. The number of aryl methyl sites for hydroxylation is 1. The van der Waals surface area contributed by atoms with Crippen molar-refractivity contribution < 1.29 is 27.0 Å². The van der Waals surface area contributed by atoms with Crippen LogP contribution in [0.1, 0.15) is 76.0 Å². The molecule has 36 heavy (non-hydrogen) atoms. The van der Waals surface area contributed by atoms with Crippen LogP contribution in [0.15, 0.2) is 36.4 Å². The third kappa shape index (κ3) is 6.03. The van der Waals surface area contributed by atoms with Crippen LogP contribution in [0.3, 0.4) is 0 Å². The van der Waals surface area contributed by atoms with E-state index in [4.69, 9.17) is 9.47 Å². The molecule has 2 heterocycles. The minimum absolute atomic E-state index is 0.129. The molecule has 4 unspecified atom stereocenters. The van der Waals surface area contributed by atoms with E-state index in [-0.39, 0.29) is 34.3 Å². The molecule has 2 aromatic rings. The summed E-state index contributed by atoms with van der Waals surface area (Å²) in [5.74, 6) is -3.65. The maximum atomic E-state index is 15.1. The summed E-state index contributed by atoms with van der Waals surface area (Å²) in [6.07, 6.45) is 10.1. The van der Waals surface area contributed by atoms with Crippen molar-refractivity contribution in [2.24, 2.45) is 11.8 Å². The molecule has 0 aromatic heterocycles. The Kier molecular flexibility index (Phi) is 9.24. The first-order valence-corrected chi connectivity index (χ1v) is 13.2. The monoisotopic (exact) mass is 504 g/mol. The van der Waals surface area contributed by atoms with Crippen LogP contribution in [0.5, 0.6) is 0 Å². The highest BCUT2D eigenvalue weighted by Gasteiger charge is 2.28. The Morgan fingerprint density at radius 2 is 1.44 bits per heavy atom. The van der Waals surface area contributed by atoms with Gasteiger partial charge in [-0.1, -0.05) is 49.8 Å². The van der Waals surface area contributed by atoms with Crippen molar-refractivity contribution in [2.45, 2.75) is 77.4 Å². The highest BCUT2D eigenvalue weighted by Crippen LogP contribution is 2.37. The van der Waals surface area contributed by atoms with Crippen molar-refractivity contribution in [1.29, 1.82) is 0 Å². The minimum atomic E-state index is -1.17. The second-order valence-corrected chi connectivity index (χ2v) is 10.2. The van der Waals surface area contributed by atoms with Gasteiger partial charge in [-0.2, -0.15) is 0 Å². The number of allylic oxidation sites excluding steroid dienone is 1. The number of ether oxygens (including phenoxy) is 2. The lowest BCUT2D eigenvalue weighted by Crippen LogP contribution is -2.24. The summed E-state index contributed by atoms with van der Waals surface area (Å²) in [5, 5.41) is 0. The van der Waals surface area contributed by atoms with Crippen LogP contribution < -0.4 is 0 Å². The molecule has 4 atom stereocenters. The molecule has 0 amide bonds. The molecular formula is C30H36F4O2. The molecular weight excluding hydrogens is 468 g/mol. The number of hydrogen-bond acceptors (Lipinski definition) is 2. The first kappa shape index (κ1) is 26.9. The zero-order chi connectivity index (χ0) is 25.7. The molecule has 2 fully saturated rings. The summed E-state index contributed by atoms with van der Waals surface area (Å²) in [5.41, 5.74) is -0.187. The Hall–Kier alpha value is -2.18. The van der Waals surface area contributed by atoms with E-state index < -0.39 is 29.4 Å². The Morgan fingerprint density at radius 3 is 2.08 bits per heavy atom. The van der Waals surface area contributed by atoms with E-state index in [1.165, 1.54) is 24.3 Å². The molecule has 4 rings (SSSR count). The minimum Gasteiger partial charge on any atom is -0.374 e. The van der Waals surface area contributed by atoms with Crippen LogP contribution in [0, 0.1) is 35.1 Å². The van der Waals surface area contributed by atoms with Crippen LogP contribution >= 0.6 is 0 Å². The van der Waals surface area contributed by atoms with Gasteiger partial charge in [0.05, 0.1) is 25.4 Å². The third-order valence-electron chi connectivity index (χ3n) is 7.61. The molecule has 196 valence electrons. The summed E-state index contributed by atoms with van der Waals surface area (Å²) >= 11 is 0. The van der Waals surface area contributed by atoms with Gasteiger partial charge in [0.15, 0.2) is 23.3 Å². The zero-order valence-electron chi connectivity index (χ0n) is 21.2. The molecule has 0 N–H and O–H groups in total. The van der Waals surface area contributed by atoms with Gasteiger partial charge in [-0.25, -0.2) is 17.6 Å². The van der Waals surface area contributed by atoms with Crippen molar-refractivity contribution >= 4 is 0 Å². The fourth-order valence-corrected chi connectivity index (χ4v) is 5.48. The van der Waals surface area contributed by atoms with Crippen LogP contribution in [-0.2, 0) is 15.9 Å². The van der Waals surface area contributed by atoms with Gasteiger partial charge in [-0.15, -0.1) is 0 Å². The second kappa shape index (κ2) is 12.4. The van der Waals surface area contributed by atoms with E-state index in [2.05, 4.69) is 6.92 Å². The smallest absolute Gasteiger partial charge is 0.167 e. The Bertz CT molecular complexity index is 1050. The predicted molar refractivity (Wildman–Crippen MR) is 134 cm³/mol. The van der Waals surface area contributed by atoms with Gasteiger partial charge in [0.2, 0.25) is 0 Å². The van der Waals surface area contributed by atoms with E-state index >= 15 is 13.2 Å². The topological polar surface area (TPSA) is 18.5 Å². The van der Waals surface area contributed by atoms with E-state index in [1.54, 1.807) is 0 Å². The third-order valence-corrected chi connectivity index (χ3v) is 7.61. The molecule has 0 bridgehead atoms. The number of halogens is 4. The van der Waals surface area contributed by atoms with Gasteiger partial charge in [0.25, 0.3) is 0 Å². The SMILES string of the molecule is C/C=C/C1CCC(CCc2ccc(-c3ccc(C4CCC(CCC)CO4)c(F)c3F)c(F)c2F)CO1. The Labute approximate surface area is 211 Å². The van der Waals surface area contributed by atoms with Crippen LogP contribution in [0.25, 0.3) is 11.1 Å². The largest absolute Gasteiger partial charge is 0.374 e. The van der Waals surface area contributed by atoms with Crippen LogP contribution in [0.4, 0.5) is 17.6 Å². The number of hydrogen-bond donors (Lipinski definition) is 0. The first-order valence-electron chi connectivity index (χ1n) is 13.2. The van der Waals surface area contributed by atoms with Gasteiger partial charge >= 0.3 is 0 Å². The normalized spacial score (nSPS) is 24.9. The average Bonchev–Trinajstić information content (AvgIpc) is 2.89. The van der Waals surface area contributed by atoms with Crippen LogP contribution in [0.2, 0.25) is 0 Å². The highest BCUT2D eigenvalue weighted by atomic mass is 19.2. The molecule has 2 saturated heterocycles. The zero-order valence-corrected chi connectivity index (χ0v) is 21.2. The highest BCUT2D eigenvalue weighted by molar-refractivity contribution is 5.66. The fraction of sp³-hybridized carbons (Fsp3) is 0.533. The molecule has 2 aliphatic heterocycles. The van der Waals surface area contributed by atoms with Crippen molar-refractivity contribution in [3.8, 4) is 11.1 Å². The van der Waals surface area contributed by atoms with E-state index in [0.717, 1.165) is 32.1 Å². The molecule has 2 aromatic carbocycles. The van der Waals surface area contributed by atoms with Crippen molar-refractivity contribution in [1.82, 2.24) is 0 Å². The standard InChI is InChI=1S/C30H36F4O2/c1-3-5-19-9-16-26(36-18-19)25-15-14-24(29(33)30(25)34)23-13-11-21(27(31)28(23)32)10-7-20-8-12-22(6-4-2)35-17-20/h4,6,11,13-15,19-20,22,26H,3,5,7-10,12,16-18H2,1-2H3/b6-4+. The molecule has 6 heteroatoms. The lowest BCUT2D eigenvalue weighted by Gasteiger charge is -2.29. The molecule has 0 radical (unpaired) electrons. The molecule has 0 spiro atoms. The summed E-state index contributed by atoms with van der Waals surface area (Å²) in [6.45, 7) is 5.18. The average molecular weight is 505 g/mol. The molecule has 0 saturated carbocycles. The summed E-state index contributed by atoms with van der Waals surface area (Å²) in [4.78, 5) is 0. The van der Waals surface area contributed by atoms with Crippen molar-refractivity contribution in [3.63, 3.8) is 0 Å². The first-order chi connectivity index (χ1) is 17.4. The predicted octanol–water partition coefficient (Wildman–Crippen LogP) is 8.48. The number of benzene rings is 2. The van der Waals surface area contributed by atoms with Gasteiger partial charge in [-0.3, -0.25) is 0 Å².